The quantitative estimate of drug-likeness (QED) is 0.642. The summed E-state index contributed by atoms with van der Waals surface area (Å²) in [6.45, 7) is 0.600. The summed E-state index contributed by atoms with van der Waals surface area (Å²) in [7, 11) is -4.09. The minimum absolute atomic E-state index is 0.201. The zero-order valence-electron chi connectivity index (χ0n) is 15.5. The lowest BCUT2D eigenvalue weighted by Gasteiger charge is -2.10. The molecule has 0 aromatic heterocycles. The fraction of sp³-hybridized carbons (Fsp3) is 0.0952. The Bertz CT molecular complexity index is 1230. The van der Waals surface area contributed by atoms with Crippen LogP contribution in [0.3, 0.4) is 0 Å². The highest BCUT2D eigenvalue weighted by Crippen LogP contribution is 2.26. The summed E-state index contributed by atoms with van der Waals surface area (Å²) < 4.78 is 58.7. The molecule has 0 aliphatic carbocycles. The third-order valence-corrected chi connectivity index (χ3v) is 5.93. The molecule has 1 amide bonds. The van der Waals surface area contributed by atoms with Crippen molar-refractivity contribution in [3.05, 3.63) is 83.4 Å². The molecule has 1 aliphatic rings. The van der Waals surface area contributed by atoms with E-state index >= 15 is 0 Å². The second kappa shape index (κ2) is 7.75. The number of sulfonamides is 1. The van der Waals surface area contributed by atoms with Crippen LogP contribution in [-0.4, -0.2) is 20.9 Å². The smallest absolute Gasteiger partial charge is 0.261 e. The van der Waals surface area contributed by atoms with E-state index in [0.717, 1.165) is 29.9 Å². The molecule has 0 unspecified atom stereocenters. The van der Waals surface area contributed by atoms with Crippen molar-refractivity contribution in [2.75, 3.05) is 16.6 Å². The second-order valence-electron chi connectivity index (χ2n) is 6.63. The monoisotopic (exact) mass is 430 g/mol. The van der Waals surface area contributed by atoms with Crippen molar-refractivity contribution in [1.29, 1.82) is 0 Å². The lowest BCUT2D eigenvalue weighted by molar-refractivity contribution is 0.102. The molecule has 1 heterocycles. The summed E-state index contributed by atoms with van der Waals surface area (Å²) in [6, 6.07) is 13.5. The Labute approximate surface area is 171 Å². The van der Waals surface area contributed by atoms with Gasteiger partial charge in [-0.1, -0.05) is 0 Å². The summed E-state index contributed by atoms with van der Waals surface area (Å²) in [4.78, 5) is 12.0. The van der Waals surface area contributed by atoms with Gasteiger partial charge in [-0.05, 0) is 66.2 Å². The summed E-state index contributed by atoms with van der Waals surface area (Å²) in [5, 5.41) is 2.74. The first kappa shape index (κ1) is 19.8. The van der Waals surface area contributed by atoms with Crippen molar-refractivity contribution < 1.29 is 26.7 Å². The van der Waals surface area contributed by atoms with Gasteiger partial charge < -0.3 is 10.1 Å². The van der Waals surface area contributed by atoms with E-state index in [1.165, 1.54) is 24.3 Å². The van der Waals surface area contributed by atoms with Crippen LogP contribution in [-0.2, 0) is 16.4 Å². The molecule has 154 valence electrons. The molecule has 0 radical (unpaired) electrons. The van der Waals surface area contributed by atoms with Crippen molar-refractivity contribution in [1.82, 2.24) is 0 Å². The number of benzene rings is 3. The summed E-state index contributed by atoms with van der Waals surface area (Å²) in [5.74, 6) is -1.91. The molecule has 6 nitrogen and oxygen atoms in total. The normalized spacial score (nSPS) is 12.7. The van der Waals surface area contributed by atoms with Gasteiger partial charge in [0, 0.05) is 23.4 Å². The molecule has 0 saturated heterocycles. The molecule has 3 aromatic carbocycles. The number of rotatable bonds is 5. The third-order valence-electron chi connectivity index (χ3n) is 4.55. The number of carbonyl (C=O) groups excluding carboxylic acids is 1. The van der Waals surface area contributed by atoms with Crippen LogP contribution < -0.4 is 14.8 Å². The van der Waals surface area contributed by atoms with Crippen LogP contribution >= 0.6 is 0 Å². The van der Waals surface area contributed by atoms with Gasteiger partial charge in [-0.15, -0.1) is 0 Å². The average Bonchev–Trinajstić information content (AvgIpc) is 3.19. The summed E-state index contributed by atoms with van der Waals surface area (Å²) >= 11 is 0. The number of anilines is 2. The van der Waals surface area contributed by atoms with Crippen LogP contribution in [0.15, 0.2) is 65.6 Å². The Balaban J connectivity index is 1.45. The van der Waals surface area contributed by atoms with Crippen molar-refractivity contribution in [2.45, 2.75) is 11.3 Å². The van der Waals surface area contributed by atoms with Gasteiger partial charge in [-0.25, -0.2) is 17.2 Å². The van der Waals surface area contributed by atoms with Crippen molar-refractivity contribution in [3.8, 4) is 5.75 Å². The first-order valence-corrected chi connectivity index (χ1v) is 10.5. The number of ether oxygens (including phenoxy) is 1. The number of nitrogens with one attached hydrogen (secondary N) is 2. The number of amides is 1. The number of hydrogen-bond acceptors (Lipinski definition) is 4. The molecule has 3 aromatic rings. The topological polar surface area (TPSA) is 84.5 Å². The highest BCUT2D eigenvalue weighted by atomic mass is 32.2. The van der Waals surface area contributed by atoms with Crippen LogP contribution in [0, 0.1) is 11.6 Å². The highest BCUT2D eigenvalue weighted by Gasteiger charge is 2.17. The number of fused-ring (bicyclic) bond motifs is 1. The third kappa shape index (κ3) is 4.11. The van der Waals surface area contributed by atoms with Gasteiger partial charge in [0.15, 0.2) is 11.6 Å². The van der Waals surface area contributed by atoms with Gasteiger partial charge in [0.05, 0.1) is 11.5 Å². The van der Waals surface area contributed by atoms with Crippen LogP contribution in [0.5, 0.6) is 5.75 Å². The van der Waals surface area contributed by atoms with Gasteiger partial charge in [0.1, 0.15) is 5.75 Å². The predicted molar refractivity (Wildman–Crippen MR) is 107 cm³/mol. The Morgan fingerprint density at radius 2 is 1.63 bits per heavy atom. The van der Waals surface area contributed by atoms with E-state index in [4.69, 9.17) is 4.74 Å². The van der Waals surface area contributed by atoms with E-state index in [1.54, 1.807) is 18.2 Å². The number of halogens is 2. The van der Waals surface area contributed by atoms with Crippen LogP contribution in [0.4, 0.5) is 20.2 Å². The predicted octanol–water partition coefficient (Wildman–Crippen LogP) is 3.95. The lowest BCUT2D eigenvalue weighted by atomic mass is 10.1. The van der Waals surface area contributed by atoms with Gasteiger partial charge in [0.25, 0.3) is 15.9 Å². The van der Waals surface area contributed by atoms with Gasteiger partial charge in [0.2, 0.25) is 0 Å². The minimum Gasteiger partial charge on any atom is -0.493 e. The Hall–Kier alpha value is -3.46. The van der Waals surface area contributed by atoms with Gasteiger partial charge in [-0.2, -0.15) is 0 Å². The fourth-order valence-electron chi connectivity index (χ4n) is 3.01. The van der Waals surface area contributed by atoms with E-state index < -0.39 is 26.6 Å². The van der Waals surface area contributed by atoms with Crippen LogP contribution in [0.25, 0.3) is 0 Å². The molecule has 9 heteroatoms. The number of hydrogen-bond donors (Lipinski definition) is 2. The van der Waals surface area contributed by atoms with Crippen molar-refractivity contribution >= 4 is 27.3 Å². The maximum absolute atomic E-state index is 13.3. The van der Waals surface area contributed by atoms with E-state index in [2.05, 4.69) is 10.0 Å². The average molecular weight is 430 g/mol. The maximum Gasteiger partial charge on any atom is 0.261 e. The maximum atomic E-state index is 13.3. The minimum atomic E-state index is -4.09. The van der Waals surface area contributed by atoms with E-state index in [1.807, 2.05) is 0 Å². The fourth-order valence-corrected chi connectivity index (χ4v) is 4.08. The van der Waals surface area contributed by atoms with Crippen molar-refractivity contribution in [2.24, 2.45) is 0 Å². The molecular formula is C21H16F2N2O4S. The highest BCUT2D eigenvalue weighted by molar-refractivity contribution is 7.92. The first-order chi connectivity index (χ1) is 14.3. The molecule has 0 saturated carbocycles. The lowest BCUT2D eigenvalue weighted by Crippen LogP contribution is -2.14. The van der Waals surface area contributed by atoms with Crippen LogP contribution in [0.1, 0.15) is 15.9 Å². The molecule has 1 aliphatic heterocycles. The molecular weight excluding hydrogens is 414 g/mol. The van der Waals surface area contributed by atoms with E-state index in [0.29, 0.717) is 23.9 Å². The summed E-state index contributed by atoms with van der Waals surface area (Å²) in [6.07, 6.45) is 0.753. The molecule has 2 N–H and O–H groups in total. The molecule has 0 atom stereocenters. The zero-order chi connectivity index (χ0) is 21.3. The standard InChI is InChI=1S/C21H16F2N2O4S/c22-18-7-6-17(12-19(18)23)30(27,28)25-16-4-2-15(3-5-16)24-21(26)14-1-8-20-13(11-14)9-10-29-20/h1-8,11-12,25H,9-10H2,(H,24,26). The first-order valence-electron chi connectivity index (χ1n) is 8.97. The Morgan fingerprint density at radius 1 is 0.900 bits per heavy atom. The molecule has 0 spiro atoms. The van der Waals surface area contributed by atoms with Gasteiger partial charge in [-0.3, -0.25) is 9.52 Å². The Morgan fingerprint density at radius 3 is 2.37 bits per heavy atom. The Kier molecular flexibility index (Phi) is 5.13. The molecule has 0 bridgehead atoms. The zero-order valence-corrected chi connectivity index (χ0v) is 16.3. The number of carbonyl (C=O) groups is 1. The van der Waals surface area contributed by atoms with E-state index in [9.17, 15) is 22.0 Å². The molecule has 4 rings (SSSR count). The van der Waals surface area contributed by atoms with Gasteiger partial charge >= 0.3 is 0 Å². The molecule has 30 heavy (non-hydrogen) atoms. The molecule has 0 fully saturated rings. The second-order valence-corrected chi connectivity index (χ2v) is 8.32. The van der Waals surface area contributed by atoms with Crippen LogP contribution in [0.2, 0.25) is 0 Å². The van der Waals surface area contributed by atoms with E-state index in [-0.39, 0.29) is 11.6 Å². The SMILES string of the molecule is O=C(Nc1ccc(NS(=O)(=O)c2ccc(F)c(F)c2)cc1)c1ccc2c(c1)CCO2. The largest absolute Gasteiger partial charge is 0.493 e. The van der Waals surface area contributed by atoms with Crippen molar-refractivity contribution in [3.63, 3.8) is 0 Å². The summed E-state index contributed by atoms with van der Waals surface area (Å²) in [5.41, 5.74) is 2.13.